The molecule has 5 nitrogen and oxygen atoms in total. The fourth-order valence-corrected chi connectivity index (χ4v) is 3.38. The van der Waals surface area contributed by atoms with Crippen LogP contribution in [0.15, 0.2) is 48.5 Å². The number of nitrogens with one attached hydrogen (secondary N) is 1. The van der Waals surface area contributed by atoms with E-state index >= 15 is 0 Å². The van der Waals surface area contributed by atoms with E-state index in [1.165, 1.54) is 0 Å². The minimum atomic E-state index is 0.639. The first-order valence-electron chi connectivity index (χ1n) is 8.61. The molecule has 1 aliphatic rings. The van der Waals surface area contributed by atoms with Crippen LogP contribution in [0, 0.1) is 11.3 Å². The predicted molar refractivity (Wildman–Crippen MR) is 107 cm³/mol. The zero-order valence-electron chi connectivity index (χ0n) is 14.8. The zero-order chi connectivity index (χ0) is 18.4. The minimum absolute atomic E-state index is 0.639. The molecule has 3 rings (SSSR count). The van der Waals surface area contributed by atoms with E-state index in [4.69, 9.17) is 17.0 Å². The molecule has 0 aliphatic carbocycles. The lowest BCUT2D eigenvalue weighted by Crippen LogP contribution is -2.51. The van der Waals surface area contributed by atoms with Crippen LogP contribution in [0.2, 0.25) is 0 Å². The molecule has 0 saturated carbocycles. The third-order valence-electron chi connectivity index (χ3n) is 4.55. The van der Waals surface area contributed by atoms with Gasteiger partial charge < -0.3 is 19.9 Å². The lowest BCUT2D eigenvalue weighted by atomic mass is 10.1. The van der Waals surface area contributed by atoms with Crippen molar-refractivity contribution in [1.29, 1.82) is 5.26 Å². The van der Waals surface area contributed by atoms with E-state index in [2.05, 4.69) is 21.2 Å². The summed E-state index contributed by atoms with van der Waals surface area (Å²) in [6.07, 6.45) is 0. The number of nitriles is 1. The molecule has 26 heavy (non-hydrogen) atoms. The molecule has 2 aromatic carbocycles. The Hall–Kier alpha value is -2.78. The smallest absolute Gasteiger partial charge is 0.169 e. The number of methoxy groups -OCH3 is 1. The van der Waals surface area contributed by atoms with E-state index in [0.29, 0.717) is 6.54 Å². The van der Waals surface area contributed by atoms with E-state index in [9.17, 15) is 5.26 Å². The number of hydrogen-bond donors (Lipinski definition) is 1. The maximum absolute atomic E-state index is 9.28. The lowest BCUT2D eigenvalue weighted by Gasteiger charge is -2.37. The van der Waals surface area contributed by atoms with Gasteiger partial charge >= 0.3 is 0 Å². The second kappa shape index (κ2) is 8.54. The van der Waals surface area contributed by atoms with Gasteiger partial charge in [0.2, 0.25) is 0 Å². The molecule has 0 aromatic heterocycles. The molecule has 6 heteroatoms. The summed E-state index contributed by atoms with van der Waals surface area (Å²) in [6, 6.07) is 17.9. The first-order valence-corrected chi connectivity index (χ1v) is 9.02. The zero-order valence-corrected chi connectivity index (χ0v) is 15.6. The van der Waals surface area contributed by atoms with Gasteiger partial charge in [-0.1, -0.05) is 30.3 Å². The van der Waals surface area contributed by atoms with Crippen molar-refractivity contribution < 1.29 is 4.74 Å². The summed E-state index contributed by atoms with van der Waals surface area (Å²) >= 11 is 5.56. The van der Waals surface area contributed by atoms with Gasteiger partial charge in [0.05, 0.1) is 18.4 Å². The number of anilines is 1. The molecule has 0 bridgehead atoms. The standard InChI is InChI=1S/C20H22N4OS/c1-25-19-9-5-3-7-17(19)15-22-20(26)24-12-10-23(11-13-24)18-8-4-2-6-16(18)14-21/h2-9H,10-13,15H2,1H3,(H,22,26). The third kappa shape index (κ3) is 4.06. The molecule has 2 aromatic rings. The predicted octanol–water partition coefficient (Wildman–Crippen LogP) is 2.76. The van der Waals surface area contributed by atoms with Crippen molar-refractivity contribution in [3.05, 3.63) is 59.7 Å². The summed E-state index contributed by atoms with van der Waals surface area (Å²) in [7, 11) is 1.68. The van der Waals surface area contributed by atoms with E-state index in [1.54, 1.807) is 7.11 Å². The topological polar surface area (TPSA) is 51.5 Å². The Morgan fingerprint density at radius 3 is 2.54 bits per heavy atom. The van der Waals surface area contributed by atoms with Gasteiger partial charge in [0.25, 0.3) is 0 Å². The number of para-hydroxylation sites is 2. The quantitative estimate of drug-likeness (QED) is 0.840. The lowest BCUT2D eigenvalue weighted by molar-refractivity contribution is 0.378. The van der Waals surface area contributed by atoms with Crippen molar-refractivity contribution >= 4 is 23.0 Å². The van der Waals surface area contributed by atoms with Crippen LogP contribution in [0.25, 0.3) is 0 Å². The number of thiocarbonyl (C=S) groups is 1. The van der Waals surface area contributed by atoms with Crippen LogP contribution >= 0.6 is 12.2 Å². The highest BCUT2D eigenvalue weighted by molar-refractivity contribution is 7.80. The van der Waals surface area contributed by atoms with E-state index in [0.717, 1.165) is 53.9 Å². The van der Waals surface area contributed by atoms with E-state index in [-0.39, 0.29) is 0 Å². The molecular formula is C20H22N4OS. The molecule has 1 heterocycles. The van der Waals surface area contributed by atoms with Gasteiger partial charge in [-0.05, 0) is 30.4 Å². The molecule has 1 saturated heterocycles. The van der Waals surface area contributed by atoms with Gasteiger partial charge in [0.1, 0.15) is 11.8 Å². The molecule has 1 fully saturated rings. The first-order chi connectivity index (χ1) is 12.7. The molecule has 0 amide bonds. The summed E-state index contributed by atoms with van der Waals surface area (Å²) in [6.45, 7) is 3.99. The number of rotatable bonds is 4. The normalized spacial score (nSPS) is 13.8. The maximum atomic E-state index is 9.28. The van der Waals surface area contributed by atoms with Crippen molar-refractivity contribution in [2.45, 2.75) is 6.54 Å². The molecule has 0 atom stereocenters. The fraction of sp³-hybridized carbons (Fsp3) is 0.300. The van der Waals surface area contributed by atoms with Crippen LogP contribution < -0.4 is 15.0 Å². The highest BCUT2D eigenvalue weighted by atomic mass is 32.1. The molecule has 0 radical (unpaired) electrons. The molecule has 1 N–H and O–H groups in total. The first kappa shape index (κ1) is 18.0. The highest BCUT2D eigenvalue weighted by Gasteiger charge is 2.20. The summed E-state index contributed by atoms with van der Waals surface area (Å²) in [5.74, 6) is 0.862. The van der Waals surface area contributed by atoms with Crippen LogP contribution in [0.1, 0.15) is 11.1 Å². The summed E-state index contributed by atoms with van der Waals surface area (Å²) in [5, 5.41) is 13.4. The van der Waals surface area contributed by atoms with Crippen molar-refractivity contribution in [3.8, 4) is 11.8 Å². The van der Waals surface area contributed by atoms with E-state index < -0.39 is 0 Å². The monoisotopic (exact) mass is 366 g/mol. The second-order valence-electron chi connectivity index (χ2n) is 6.07. The number of hydrogen-bond acceptors (Lipinski definition) is 4. The Balaban J connectivity index is 1.55. The van der Waals surface area contributed by atoms with Gasteiger partial charge in [0, 0.05) is 38.3 Å². The largest absolute Gasteiger partial charge is 0.496 e. The van der Waals surface area contributed by atoms with Crippen LogP contribution in [0.3, 0.4) is 0 Å². The third-order valence-corrected chi connectivity index (χ3v) is 4.96. The summed E-state index contributed by atoms with van der Waals surface area (Å²) < 4.78 is 5.38. The molecule has 1 aliphatic heterocycles. The average Bonchev–Trinajstić information content (AvgIpc) is 2.72. The van der Waals surface area contributed by atoms with Crippen LogP contribution in [0.5, 0.6) is 5.75 Å². The Morgan fingerprint density at radius 1 is 1.12 bits per heavy atom. The number of piperazine rings is 1. The van der Waals surface area contributed by atoms with Crippen LogP contribution in [-0.2, 0) is 6.54 Å². The number of nitrogens with zero attached hydrogens (tertiary/aromatic N) is 3. The van der Waals surface area contributed by atoms with Gasteiger partial charge in [-0.15, -0.1) is 0 Å². The van der Waals surface area contributed by atoms with Crippen LogP contribution in [0.4, 0.5) is 5.69 Å². The fourth-order valence-electron chi connectivity index (χ4n) is 3.13. The maximum Gasteiger partial charge on any atom is 0.169 e. The van der Waals surface area contributed by atoms with Gasteiger partial charge in [-0.2, -0.15) is 5.26 Å². The Bertz CT molecular complexity index is 809. The summed E-state index contributed by atoms with van der Waals surface area (Å²) in [4.78, 5) is 4.42. The molecular weight excluding hydrogens is 344 g/mol. The molecule has 0 spiro atoms. The van der Waals surface area contributed by atoms with Crippen molar-refractivity contribution in [1.82, 2.24) is 10.2 Å². The van der Waals surface area contributed by atoms with Gasteiger partial charge in [-0.25, -0.2) is 0 Å². The van der Waals surface area contributed by atoms with Crippen LogP contribution in [-0.4, -0.2) is 43.3 Å². The van der Waals surface area contributed by atoms with Gasteiger partial charge in [-0.3, -0.25) is 0 Å². The second-order valence-corrected chi connectivity index (χ2v) is 6.46. The number of benzene rings is 2. The Morgan fingerprint density at radius 2 is 1.81 bits per heavy atom. The minimum Gasteiger partial charge on any atom is -0.496 e. The van der Waals surface area contributed by atoms with Gasteiger partial charge in [0.15, 0.2) is 5.11 Å². The van der Waals surface area contributed by atoms with Crippen molar-refractivity contribution in [2.75, 3.05) is 38.2 Å². The average molecular weight is 366 g/mol. The molecule has 0 unspecified atom stereocenters. The Kier molecular flexibility index (Phi) is 5.92. The highest BCUT2D eigenvalue weighted by Crippen LogP contribution is 2.21. The van der Waals surface area contributed by atoms with Crippen molar-refractivity contribution in [3.63, 3.8) is 0 Å². The Labute approximate surface area is 159 Å². The summed E-state index contributed by atoms with van der Waals surface area (Å²) in [5.41, 5.74) is 2.80. The molecule has 134 valence electrons. The SMILES string of the molecule is COc1ccccc1CNC(=S)N1CCN(c2ccccc2C#N)CC1. The van der Waals surface area contributed by atoms with E-state index in [1.807, 2.05) is 48.5 Å². The van der Waals surface area contributed by atoms with Crippen molar-refractivity contribution in [2.24, 2.45) is 0 Å². The number of ether oxygens (including phenoxy) is 1.